The molecule has 0 aromatic heterocycles. The molecule has 0 radical (unpaired) electrons. The highest BCUT2D eigenvalue weighted by molar-refractivity contribution is 14.1. The van der Waals surface area contributed by atoms with Gasteiger partial charge in [-0.25, -0.2) is 0 Å². The van der Waals surface area contributed by atoms with Crippen LogP contribution in [0.4, 0.5) is 0 Å². The highest BCUT2D eigenvalue weighted by atomic mass is 127. The van der Waals surface area contributed by atoms with E-state index in [2.05, 4.69) is 22.6 Å². The predicted molar refractivity (Wildman–Crippen MR) is 50.7 cm³/mol. The molecule has 0 aromatic rings. The van der Waals surface area contributed by atoms with E-state index < -0.39 is 0 Å². The lowest BCUT2D eigenvalue weighted by Crippen LogP contribution is -2.61. The van der Waals surface area contributed by atoms with Gasteiger partial charge in [0, 0.05) is 15.8 Å². The minimum atomic E-state index is 0.571. The number of hydrogen-bond donors (Lipinski definition) is 0. The van der Waals surface area contributed by atoms with E-state index in [1.165, 1.54) is 0 Å². The molecule has 0 saturated heterocycles. The molecule has 1 nitrogen and oxygen atoms in total. The first-order valence-electron chi connectivity index (χ1n) is 5.00. The minimum Gasteiger partial charge on any atom is -0.299 e. The summed E-state index contributed by atoms with van der Waals surface area (Å²) in [5.74, 6) is 7.44. The molecule has 0 N–H and O–H groups in total. The fraction of sp³-hybridized carbons (Fsp3) is 0.900. The molecule has 0 aromatic carbocycles. The van der Waals surface area contributed by atoms with Crippen LogP contribution < -0.4 is 0 Å². The molecule has 0 spiro atoms. The van der Waals surface area contributed by atoms with Crippen molar-refractivity contribution in [2.24, 2.45) is 47.3 Å². The summed E-state index contributed by atoms with van der Waals surface area (Å²) in [5.41, 5.74) is 0. The van der Waals surface area contributed by atoms with Crippen LogP contribution >= 0.6 is 22.6 Å². The fourth-order valence-corrected chi connectivity index (χ4v) is 7.65. The molecule has 0 aliphatic heterocycles. The highest BCUT2D eigenvalue weighted by Crippen LogP contribution is 2.88. The normalized spacial score (nSPS) is 84.4. The summed E-state index contributed by atoms with van der Waals surface area (Å²) in [5, 5.41) is 0. The summed E-state index contributed by atoms with van der Waals surface area (Å²) in [7, 11) is 0. The van der Waals surface area contributed by atoms with Crippen molar-refractivity contribution >= 4 is 28.4 Å². The Hall–Kier alpha value is 0.400. The van der Waals surface area contributed by atoms with Crippen LogP contribution in [0, 0.1) is 47.3 Å². The van der Waals surface area contributed by atoms with E-state index in [1.807, 2.05) is 0 Å². The number of hydrogen-bond acceptors (Lipinski definition) is 1. The van der Waals surface area contributed by atoms with Gasteiger partial charge in [0.1, 0.15) is 5.78 Å². The van der Waals surface area contributed by atoms with Gasteiger partial charge < -0.3 is 0 Å². The number of halogens is 1. The zero-order valence-corrected chi connectivity index (χ0v) is 8.64. The largest absolute Gasteiger partial charge is 0.299 e. The summed E-state index contributed by atoms with van der Waals surface area (Å²) in [6.07, 6.45) is 0. The van der Waals surface area contributed by atoms with E-state index >= 15 is 0 Å². The van der Waals surface area contributed by atoms with Crippen LogP contribution in [0.3, 0.4) is 0 Å². The standard InChI is InChI=1S/C10H9IO/c11-9-5-1-2-4(5)8-6(9)3(1)7(2)10(8)12/h1-9H/t1-,2+,3+,4-,5+,6-,7-,8+,9+/m0/s1. The lowest BCUT2D eigenvalue weighted by molar-refractivity contribution is -0.170. The first-order valence-corrected chi connectivity index (χ1v) is 6.25. The molecular formula is C10H9IO. The zero-order valence-electron chi connectivity index (χ0n) is 6.48. The van der Waals surface area contributed by atoms with Crippen LogP contribution in [0.15, 0.2) is 0 Å². The summed E-state index contributed by atoms with van der Waals surface area (Å²) < 4.78 is 0.889. The molecule has 6 aliphatic carbocycles. The number of carbonyl (C=O) groups is 1. The third-order valence-corrected chi connectivity index (χ3v) is 7.38. The second kappa shape index (κ2) is 1.33. The van der Waals surface area contributed by atoms with E-state index in [9.17, 15) is 4.79 Å². The van der Waals surface area contributed by atoms with Crippen LogP contribution in [-0.4, -0.2) is 9.71 Å². The first-order chi connectivity index (χ1) is 5.82. The van der Waals surface area contributed by atoms with Gasteiger partial charge in [-0.3, -0.25) is 4.79 Å². The average molecular weight is 272 g/mol. The van der Waals surface area contributed by atoms with Crippen molar-refractivity contribution in [1.29, 1.82) is 0 Å². The van der Waals surface area contributed by atoms with Crippen LogP contribution in [0.5, 0.6) is 0 Å². The lowest BCUT2D eigenvalue weighted by Gasteiger charge is -2.62. The molecule has 62 valence electrons. The van der Waals surface area contributed by atoms with E-state index in [-0.39, 0.29) is 0 Å². The van der Waals surface area contributed by atoms with Crippen molar-refractivity contribution in [3.63, 3.8) is 0 Å². The highest BCUT2D eigenvalue weighted by Gasteiger charge is 2.89. The molecule has 12 heavy (non-hydrogen) atoms. The van der Waals surface area contributed by atoms with E-state index in [0.717, 1.165) is 39.4 Å². The topological polar surface area (TPSA) is 17.1 Å². The van der Waals surface area contributed by atoms with Crippen LogP contribution in [0.25, 0.3) is 0 Å². The Kier molecular flexibility index (Phi) is 0.666. The molecule has 6 rings (SSSR count). The number of ketones is 1. The van der Waals surface area contributed by atoms with Crippen molar-refractivity contribution in [3.05, 3.63) is 0 Å². The molecular weight excluding hydrogens is 263 g/mol. The number of Topliss-reactive ketones (excluding diaryl/α,β-unsaturated/α-hetero) is 1. The third kappa shape index (κ3) is 0.289. The molecule has 4 bridgehead atoms. The Labute approximate surface area is 84.4 Å². The van der Waals surface area contributed by atoms with E-state index in [1.54, 1.807) is 0 Å². The van der Waals surface area contributed by atoms with Gasteiger partial charge in [0.25, 0.3) is 0 Å². The Bertz CT molecular complexity index is 337. The van der Waals surface area contributed by atoms with Gasteiger partial charge in [-0.15, -0.1) is 0 Å². The summed E-state index contributed by atoms with van der Waals surface area (Å²) in [6, 6.07) is 0. The minimum absolute atomic E-state index is 0.571. The van der Waals surface area contributed by atoms with Crippen molar-refractivity contribution in [3.8, 4) is 0 Å². The van der Waals surface area contributed by atoms with Crippen LogP contribution in [-0.2, 0) is 4.79 Å². The van der Waals surface area contributed by atoms with E-state index in [4.69, 9.17) is 0 Å². The van der Waals surface area contributed by atoms with Crippen molar-refractivity contribution in [2.45, 2.75) is 3.92 Å². The van der Waals surface area contributed by atoms with Gasteiger partial charge in [-0.1, -0.05) is 22.6 Å². The quantitative estimate of drug-likeness (QED) is 0.480. The average Bonchev–Trinajstić information content (AvgIpc) is 2.45. The number of carbonyl (C=O) groups excluding carboxylic acids is 1. The van der Waals surface area contributed by atoms with E-state index in [0.29, 0.717) is 17.6 Å². The van der Waals surface area contributed by atoms with Gasteiger partial charge >= 0.3 is 0 Å². The van der Waals surface area contributed by atoms with Crippen LogP contribution in [0.1, 0.15) is 0 Å². The molecule has 0 amide bonds. The molecule has 9 atom stereocenters. The van der Waals surface area contributed by atoms with Gasteiger partial charge in [0.2, 0.25) is 0 Å². The summed E-state index contributed by atoms with van der Waals surface area (Å²) in [6.45, 7) is 0. The molecule has 2 heteroatoms. The third-order valence-electron chi connectivity index (χ3n) is 5.72. The van der Waals surface area contributed by atoms with Crippen molar-refractivity contribution < 1.29 is 4.79 Å². The number of rotatable bonds is 0. The predicted octanol–water partition coefficient (Wildman–Crippen LogP) is 1.36. The van der Waals surface area contributed by atoms with Gasteiger partial charge in [-0.2, -0.15) is 0 Å². The first kappa shape index (κ1) is 5.99. The molecule has 6 aliphatic rings. The lowest BCUT2D eigenvalue weighted by atomic mass is 9.41. The van der Waals surface area contributed by atoms with Crippen LogP contribution in [0.2, 0.25) is 0 Å². The number of alkyl halides is 1. The molecule has 6 fully saturated rings. The SMILES string of the molecule is O=C1[C@@H]2[C@@H]3[C@H]4[C@H]5[C@@H](I)[C@@H]3[C@H]1[C@H]5[C@H]24. The Balaban J connectivity index is 1.88. The maximum atomic E-state index is 11.8. The van der Waals surface area contributed by atoms with Crippen molar-refractivity contribution in [1.82, 2.24) is 0 Å². The molecule has 0 heterocycles. The Morgan fingerprint density at radius 3 is 2.00 bits per heavy atom. The monoisotopic (exact) mass is 272 g/mol. The molecule has 0 unspecified atom stereocenters. The Morgan fingerprint density at radius 2 is 1.42 bits per heavy atom. The summed E-state index contributed by atoms with van der Waals surface area (Å²) >= 11 is 2.63. The van der Waals surface area contributed by atoms with Gasteiger partial charge in [0.15, 0.2) is 0 Å². The Morgan fingerprint density at radius 1 is 0.833 bits per heavy atom. The summed E-state index contributed by atoms with van der Waals surface area (Å²) in [4.78, 5) is 11.8. The second-order valence-electron chi connectivity index (χ2n) is 5.36. The van der Waals surface area contributed by atoms with Crippen molar-refractivity contribution in [2.75, 3.05) is 0 Å². The maximum absolute atomic E-state index is 11.8. The smallest absolute Gasteiger partial charge is 0.140 e. The zero-order chi connectivity index (χ0) is 7.77. The maximum Gasteiger partial charge on any atom is 0.140 e. The van der Waals surface area contributed by atoms with Gasteiger partial charge in [0.05, 0.1) is 0 Å². The second-order valence-corrected chi connectivity index (χ2v) is 6.80. The van der Waals surface area contributed by atoms with Gasteiger partial charge in [-0.05, 0) is 35.5 Å². The fourth-order valence-electron chi connectivity index (χ4n) is 5.77. The molecule has 6 saturated carbocycles.